The van der Waals surface area contributed by atoms with Crippen LogP contribution in [0.15, 0.2) is 24.3 Å². The van der Waals surface area contributed by atoms with Crippen LogP contribution in [0.2, 0.25) is 0 Å². The predicted molar refractivity (Wildman–Crippen MR) is 64.0 cm³/mol. The van der Waals surface area contributed by atoms with E-state index in [1.165, 1.54) is 12.1 Å². The molecule has 0 amide bonds. The van der Waals surface area contributed by atoms with Crippen LogP contribution < -0.4 is 10.5 Å². The Morgan fingerprint density at radius 3 is 2.35 bits per heavy atom. The zero-order valence-corrected chi connectivity index (χ0v) is 10.1. The lowest BCUT2D eigenvalue weighted by Gasteiger charge is -2.11. The predicted octanol–water partition coefficient (Wildman–Crippen LogP) is 2.81. The maximum atomic E-state index is 13.6. The fourth-order valence-electron chi connectivity index (χ4n) is 1.44. The number of halogens is 2. The van der Waals surface area contributed by atoms with Crippen LogP contribution in [0.1, 0.15) is 19.4 Å². The summed E-state index contributed by atoms with van der Waals surface area (Å²) in [5.74, 6) is -1.77. The number of ether oxygens (including phenoxy) is 1. The summed E-state index contributed by atoms with van der Waals surface area (Å²) < 4.78 is 32.2. The maximum absolute atomic E-state index is 13.6. The summed E-state index contributed by atoms with van der Waals surface area (Å²) in [6, 6.07) is 2.36. The molecule has 2 N–H and O–H groups in total. The normalized spacial score (nSPS) is 12.3. The van der Waals surface area contributed by atoms with E-state index < -0.39 is 11.6 Å². The molecule has 1 rings (SSSR count). The van der Waals surface area contributed by atoms with Crippen LogP contribution in [0.3, 0.4) is 0 Å². The molecule has 1 aromatic carbocycles. The minimum atomic E-state index is -0.707. The first-order chi connectivity index (χ1) is 7.90. The second-order valence-corrected chi connectivity index (χ2v) is 4.32. The van der Waals surface area contributed by atoms with Crippen molar-refractivity contribution in [2.24, 2.45) is 5.73 Å². The highest BCUT2D eigenvalue weighted by Gasteiger charge is 2.13. The van der Waals surface area contributed by atoms with E-state index in [9.17, 15) is 8.78 Å². The Bertz CT molecular complexity index is 393. The summed E-state index contributed by atoms with van der Waals surface area (Å²) >= 11 is 0. The molecule has 0 aliphatic carbocycles. The molecule has 1 aromatic rings. The van der Waals surface area contributed by atoms with Crippen LogP contribution in [-0.4, -0.2) is 12.6 Å². The van der Waals surface area contributed by atoms with Crippen molar-refractivity contribution in [2.45, 2.75) is 26.3 Å². The number of hydrogen-bond acceptors (Lipinski definition) is 2. The molecule has 0 bridgehead atoms. The maximum Gasteiger partial charge on any atom is 0.191 e. The second-order valence-electron chi connectivity index (χ2n) is 4.32. The van der Waals surface area contributed by atoms with Crippen molar-refractivity contribution in [3.8, 4) is 5.75 Å². The Hall–Kier alpha value is -1.42. The molecule has 0 saturated carbocycles. The van der Waals surface area contributed by atoms with Gasteiger partial charge in [-0.2, -0.15) is 0 Å². The highest BCUT2D eigenvalue weighted by Crippen LogP contribution is 2.24. The van der Waals surface area contributed by atoms with E-state index in [0.717, 1.165) is 0 Å². The first-order valence-electron chi connectivity index (χ1n) is 5.41. The summed E-state index contributed by atoms with van der Waals surface area (Å²) in [6.07, 6.45) is 0.425. The van der Waals surface area contributed by atoms with Crippen molar-refractivity contribution < 1.29 is 13.5 Å². The molecule has 0 saturated heterocycles. The molecule has 2 nitrogen and oxygen atoms in total. The summed E-state index contributed by atoms with van der Waals surface area (Å²) in [6.45, 7) is 7.20. The fraction of sp³-hybridized carbons (Fsp3) is 0.385. The quantitative estimate of drug-likeness (QED) is 0.804. The molecule has 17 heavy (non-hydrogen) atoms. The molecular formula is C13H17F2NO. The third kappa shape index (κ3) is 4.15. The third-order valence-electron chi connectivity index (χ3n) is 2.08. The Morgan fingerprint density at radius 2 is 1.94 bits per heavy atom. The van der Waals surface area contributed by atoms with E-state index in [-0.39, 0.29) is 18.4 Å². The number of hydrogen-bond donors (Lipinski definition) is 1. The van der Waals surface area contributed by atoms with E-state index in [4.69, 9.17) is 10.5 Å². The van der Waals surface area contributed by atoms with Crippen LogP contribution in [-0.2, 0) is 6.42 Å². The minimum absolute atomic E-state index is 0.0977. The van der Waals surface area contributed by atoms with Gasteiger partial charge in [-0.25, -0.2) is 8.78 Å². The van der Waals surface area contributed by atoms with Gasteiger partial charge in [0, 0.05) is 6.04 Å². The van der Waals surface area contributed by atoms with E-state index in [1.54, 1.807) is 13.8 Å². The molecule has 1 atom stereocenters. The molecule has 0 aromatic heterocycles. The highest BCUT2D eigenvalue weighted by molar-refractivity contribution is 5.32. The topological polar surface area (TPSA) is 35.2 Å². The van der Waals surface area contributed by atoms with Gasteiger partial charge in [-0.1, -0.05) is 6.58 Å². The monoisotopic (exact) mass is 241 g/mol. The van der Waals surface area contributed by atoms with Gasteiger partial charge in [0.25, 0.3) is 0 Å². The largest absolute Gasteiger partial charge is 0.483 e. The molecule has 0 heterocycles. The van der Waals surface area contributed by atoms with Gasteiger partial charge in [0.1, 0.15) is 6.61 Å². The van der Waals surface area contributed by atoms with Gasteiger partial charge in [0.2, 0.25) is 0 Å². The number of rotatable bonds is 5. The van der Waals surface area contributed by atoms with Crippen molar-refractivity contribution in [3.63, 3.8) is 0 Å². The van der Waals surface area contributed by atoms with Gasteiger partial charge in [0.15, 0.2) is 17.4 Å². The Morgan fingerprint density at radius 1 is 1.41 bits per heavy atom. The van der Waals surface area contributed by atoms with Gasteiger partial charge in [-0.3, -0.25) is 0 Å². The van der Waals surface area contributed by atoms with Crippen molar-refractivity contribution in [1.29, 1.82) is 0 Å². The van der Waals surface area contributed by atoms with Crippen LogP contribution >= 0.6 is 0 Å². The molecular weight excluding hydrogens is 224 g/mol. The summed E-state index contributed by atoms with van der Waals surface area (Å²) in [5.41, 5.74) is 6.80. The van der Waals surface area contributed by atoms with Gasteiger partial charge >= 0.3 is 0 Å². The fourth-order valence-corrected chi connectivity index (χ4v) is 1.44. The molecule has 0 radical (unpaired) electrons. The zero-order chi connectivity index (χ0) is 13.0. The van der Waals surface area contributed by atoms with Gasteiger partial charge < -0.3 is 10.5 Å². The standard InChI is InChI=1S/C13H17F2NO/c1-8(2)7-17-13-11(14)5-10(4-9(3)16)6-12(13)15/h5-6,9H,1,4,7,16H2,2-3H3. The smallest absolute Gasteiger partial charge is 0.191 e. The van der Waals surface area contributed by atoms with E-state index in [2.05, 4.69) is 6.58 Å². The minimum Gasteiger partial charge on any atom is -0.483 e. The van der Waals surface area contributed by atoms with Crippen molar-refractivity contribution in [2.75, 3.05) is 6.61 Å². The lowest BCUT2D eigenvalue weighted by Crippen LogP contribution is -2.18. The third-order valence-corrected chi connectivity index (χ3v) is 2.08. The Labute approximate surface area is 100 Å². The van der Waals surface area contributed by atoms with E-state index >= 15 is 0 Å². The average molecular weight is 241 g/mol. The summed E-state index contributed by atoms with van der Waals surface area (Å²) in [7, 11) is 0. The van der Waals surface area contributed by atoms with Crippen LogP contribution in [0.25, 0.3) is 0 Å². The second kappa shape index (κ2) is 5.77. The van der Waals surface area contributed by atoms with Crippen LogP contribution in [0.4, 0.5) is 8.78 Å². The molecule has 4 heteroatoms. The highest BCUT2D eigenvalue weighted by atomic mass is 19.1. The summed E-state index contributed by atoms with van der Waals surface area (Å²) in [4.78, 5) is 0. The lowest BCUT2D eigenvalue weighted by atomic mass is 10.1. The first kappa shape index (κ1) is 13.6. The Balaban J connectivity index is 2.90. The van der Waals surface area contributed by atoms with Crippen LogP contribution in [0.5, 0.6) is 5.75 Å². The molecule has 1 unspecified atom stereocenters. The molecule has 0 fully saturated rings. The molecule has 0 aliphatic heterocycles. The summed E-state index contributed by atoms with van der Waals surface area (Å²) in [5, 5.41) is 0. The molecule has 0 aliphatic rings. The van der Waals surface area contributed by atoms with Crippen molar-refractivity contribution >= 4 is 0 Å². The average Bonchev–Trinajstić information content (AvgIpc) is 2.14. The van der Waals surface area contributed by atoms with Crippen molar-refractivity contribution in [3.05, 3.63) is 41.5 Å². The van der Waals surface area contributed by atoms with Gasteiger partial charge in [-0.15, -0.1) is 0 Å². The molecule has 0 spiro atoms. The zero-order valence-electron chi connectivity index (χ0n) is 10.1. The molecule has 94 valence electrons. The van der Waals surface area contributed by atoms with E-state index in [0.29, 0.717) is 17.6 Å². The van der Waals surface area contributed by atoms with Crippen LogP contribution in [0, 0.1) is 11.6 Å². The van der Waals surface area contributed by atoms with Gasteiger partial charge in [0.05, 0.1) is 0 Å². The van der Waals surface area contributed by atoms with E-state index in [1.807, 2.05) is 0 Å². The number of nitrogens with two attached hydrogens (primary N) is 1. The number of benzene rings is 1. The first-order valence-corrected chi connectivity index (χ1v) is 5.41. The lowest BCUT2D eigenvalue weighted by molar-refractivity contribution is 0.312. The SMILES string of the molecule is C=C(C)COc1c(F)cc(CC(C)N)cc1F. The van der Waals surface area contributed by atoms with Crippen molar-refractivity contribution in [1.82, 2.24) is 0 Å². The Kier molecular flexibility index (Phi) is 4.63. The van der Waals surface area contributed by atoms with Gasteiger partial charge in [-0.05, 0) is 43.5 Å².